The third kappa shape index (κ3) is 4.33. The first-order chi connectivity index (χ1) is 8.93. The van der Waals surface area contributed by atoms with Crippen LogP contribution in [0.5, 0.6) is 0 Å². The highest BCUT2D eigenvalue weighted by molar-refractivity contribution is 6.36. The molecule has 0 heterocycles. The van der Waals surface area contributed by atoms with Crippen molar-refractivity contribution in [2.45, 2.75) is 0 Å². The minimum absolute atomic E-state index is 0.212. The molecule has 0 saturated carbocycles. The van der Waals surface area contributed by atoms with Gasteiger partial charge in [0.05, 0.1) is 16.3 Å². The van der Waals surface area contributed by atoms with Gasteiger partial charge in [-0.1, -0.05) is 17.7 Å². The van der Waals surface area contributed by atoms with Gasteiger partial charge in [-0.25, -0.2) is 4.79 Å². The molecule has 0 aliphatic carbocycles. The molecule has 104 valence electrons. The van der Waals surface area contributed by atoms with E-state index in [1.807, 2.05) is 0 Å². The molecule has 0 bridgehead atoms. The van der Waals surface area contributed by atoms with Crippen LogP contribution in [0.4, 0.5) is 10.5 Å². The number of halogens is 1. The van der Waals surface area contributed by atoms with E-state index in [9.17, 15) is 9.59 Å². The van der Waals surface area contributed by atoms with Crippen LogP contribution in [0.15, 0.2) is 18.2 Å². The minimum Gasteiger partial charge on any atom is -0.398 e. The van der Waals surface area contributed by atoms with Crippen LogP contribution in [-0.4, -0.2) is 44.0 Å². The quantitative estimate of drug-likeness (QED) is 0.568. The lowest BCUT2D eigenvalue weighted by Gasteiger charge is -2.12. The summed E-state index contributed by atoms with van der Waals surface area (Å²) in [5.41, 5.74) is 6.29. The molecule has 0 aliphatic heterocycles. The van der Waals surface area contributed by atoms with Crippen molar-refractivity contribution in [1.82, 2.24) is 15.5 Å². The molecule has 0 spiro atoms. The van der Waals surface area contributed by atoms with Gasteiger partial charge in [0.2, 0.25) is 0 Å². The summed E-state index contributed by atoms with van der Waals surface area (Å²) >= 11 is 5.93. The zero-order valence-electron chi connectivity index (χ0n) is 10.9. The van der Waals surface area contributed by atoms with E-state index in [0.29, 0.717) is 24.3 Å². The van der Waals surface area contributed by atoms with Crippen molar-refractivity contribution < 1.29 is 9.59 Å². The van der Waals surface area contributed by atoms with E-state index in [1.54, 1.807) is 32.3 Å². The fraction of sp³-hybridized carbons (Fsp3) is 0.333. The first-order valence-corrected chi connectivity index (χ1v) is 6.08. The van der Waals surface area contributed by atoms with Gasteiger partial charge in [0.15, 0.2) is 0 Å². The predicted molar refractivity (Wildman–Crippen MR) is 75.3 cm³/mol. The summed E-state index contributed by atoms with van der Waals surface area (Å²) in [6.45, 7) is 0.645. The van der Waals surface area contributed by atoms with E-state index in [-0.39, 0.29) is 17.0 Å². The molecule has 0 aliphatic rings. The summed E-state index contributed by atoms with van der Waals surface area (Å²) in [5.74, 6) is -0.323. The van der Waals surface area contributed by atoms with Gasteiger partial charge in [0.1, 0.15) is 0 Å². The predicted octanol–water partition coefficient (Wildman–Crippen LogP) is 0.923. The molecule has 0 unspecified atom stereocenters. The normalized spacial score (nSPS) is 9.84. The highest BCUT2D eigenvalue weighted by Crippen LogP contribution is 2.22. The van der Waals surface area contributed by atoms with E-state index in [1.165, 1.54) is 4.90 Å². The molecule has 1 aromatic carbocycles. The number of nitrogen functional groups attached to an aromatic ring is 1. The lowest BCUT2D eigenvalue weighted by Crippen LogP contribution is -2.39. The second-order valence-corrected chi connectivity index (χ2v) is 4.47. The zero-order valence-corrected chi connectivity index (χ0v) is 11.6. The highest BCUT2D eigenvalue weighted by atomic mass is 35.5. The Balaban J connectivity index is 2.44. The van der Waals surface area contributed by atoms with Crippen molar-refractivity contribution in [3.05, 3.63) is 28.8 Å². The first kappa shape index (κ1) is 15.1. The summed E-state index contributed by atoms with van der Waals surface area (Å²) < 4.78 is 0. The molecule has 7 heteroatoms. The Morgan fingerprint density at radius 2 is 1.89 bits per heavy atom. The van der Waals surface area contributed by atoms with Crippen molar-refractivity contribution in [1.29, 1.82) is 0 Å². The van der Waals surface area contributed by atoms with Gasteiger partial charge in [-0.15, -0.1) is 0 Å². The Hall–Kier alpha value is -1.95. The number of urea groups is 1. The third-order valence-electron chi connectivity index (χ3n) is 2.37. The topological polar surface area (TPSA) is 87.5 Å². The molecular formula is C12H17ClN4O2. The lowest BCUT2D eigenvalue weighted by atomic mass is 10.2. The summed E-state index contributed by atoms with van der Waals surface area (Å²) in [7, 11) is 3.28. The second-order valence-electron chi connectivity index (χ2n) is 4.09. The lowest BCUT2D eigenvalue weighted by molar-refractivity contribution is 0.0954. The Kier molecular flexibility index (Phi) is 5.44. The largest absolute Gasteiger partial charge is 0.398 e. The van der Waals surface area contributed by atoms with Crippen LogP contribution in [0.3, 0.4) is 0 Å². The molecular weight excluding hydrogens is 268 g/mol. The van der Waals surface area contributed by atoms with Crippen molar-refractivity contribution in [3.63, 3.8) is 0 Å². The first-order valence-electron chi connectivity index (χ1n) is 5.71. The number of nitrogens with zero attached hydrogens (tertiary/aromatic N) is 1. The standard InChI is InChI=1S/C12H17ClN4O2/c1-17(2)12(19)16-7-6-15-11(18)8-4-3-5-9(14)10(8)13/h3-5H,6-7,14H2,1-2H3,(H,15,18)(H,16,19). The summed E-state index contributed by atoms with van der Waals surface area (Å²) in [6, 6.07) is 4.66. The summed E-state index contributed by atoms with van der Waals surface area (Å²) in [6.07, 6.45) is 0. The Morgan fingerprint density at radius 3 is 2.53 bits per heavy atom. The number of benzene rings is 1. The maximum atomic E-state index is 11.8. The van der Waals surface area contributed by atoms with E-state index in [0.717, 1.165) is 0 Å². The van der Waals surface area contributed by atoms with Crippen LogP contribution in [0.1, 0.15) is 10.4 Å². The SMILES string of the molecule is CN(C)C(=O)NCCNC(=O)c1cccc(N)c1Cl. The van der Waals surface area contributed by atoms with Crippen molar-refractivity contribution in [2.24, 2.45) is 0 Å². The smallest absolute Gasteiger partial charge is 0.316 e. The highest BCUT2D eigenvalue weighted by Gasteiger charge is 2.11. The van der Waals surface area contributed by atoms with Crippen LogP contribution in [0, 0.1) is 0 Å². The number of nitrogens with two attached hydrogens (primary N) is 1. The van der Waals surface area contributed by atoms with Crippen LogP contribution in [0.25, 0.3) is 0 Å². The molecule has 1 rings (SSSR count). The summed E-state index contributed by atoms with van der Waals surface area (Å²) in [4.78, 5) is 24.5. The molecule has 0 aromatic heterocycles. The van der Waals surface area contributed by atoms with Gasteiger partial charge in [-0.3, -0.25) is 4.79 Å². The minimum atomic E-state index is -0.323. The third-order valence-corrected chi connectivity index (χ3v) is 2.79. The Morgan fingerprint density at radius 1 is 1.26 bits per heavy atom. The Bertz CT molecular complexity index is 477. The fourth-order valence-electron chi connectivity index (χ4n) is 1.32. The number of nitrogens with one attached hydrogen (secondary N) is 2. The maximum Gasteiger partial charge on any atom is 0.316 e. The molecule has 0 saturated heterocycles. The number of hydrogen-bond donors (Lipinski definition) is 3. The zero-order chi connectivity index (χ0) is 14.4. The van der Waals surface area contributed by atoms with Gasteiger partial charge in [-0.2, -0.15) is 0 Å². The molecule has 0 fully saturated rings. The van der Waals surface area contributed by atoms with Crippen LogP contribution < -0.4 is 16.4 Å². The van der Waals surface area contributed by atoms with Crippen molar-refractivity contribution in [3.8, 4) is 0 Å². The van der Waals surface area contributed by atoms with Gasteiger partial charge < -0.3 is 21.3 Å². The maximum absolute atomic E-state index is 11.8. The Labute approximate surface area is 116 Å². The number of carbonyl (C=O) groups is 2. The van der Waals surface area contributed by atoms with Crippen LogP contribution in [0.2, 0.25) is 5.02 Å². The van der Waals surface area contributed by atoms with Gasteiger partial charge in [0, 0.05) is 27.2 Å². The van der Waals surface area contributed by atoms with E-state index < -0.39 is 0 Å². The molecule has 19 heavy (non-hydrogen) atoms. The monoisotopic (exact) mass is 284 g/mol. The average Bonchev–Trinajstić information content (AvgIpc) is 2.37. The van der Waals surface area contributed by atoms with E-state index in [4.69, 9.17) is 17.3 Å². The number of hydrogen-bond acceptors (Lipinski definition) is 3. The van der Waals surface area contributed by atoms with E-state index in [2.05, 4.69) is 10.6 Å². The van der Waals surface area contributed by atoms with Gasteiger partial charge >= 0.3 is 6.03 Å². The molecule has 3 amide bonds. The molecule has 4 N–H and O–H groups in total. The van der Waals surface area contributed by atoms with Crippen molar-refractivity contribution >= 4 is 29.2 Å². The summed E-state index contributed by atoms with van der Waals surface area (Å²) in [5, 5.41) is 5.51. The number of anilines is 1. The fourth-order valence-corrected chi connectivity index (χ4v) is 1.54. The number of rotatable bonds is 4. The second kappa shape index (κ2) is 6.84. The average molecular weight is 285 g/mol. The van der Waals surface area contributed by atoms with Gasteiger partial charge in [0.25, 0.3) is 5.91 Å². The number of amides is 3. The molecule has 1 aromatic rings. The van der Waals surface area contributed by atoms with Crippen LogP contribution in [-0.2, 0) is 0 Å². The van der Waals surface area contributed by atoms with Crippen LogP contribution >= 0.6 is 11.6 Å². The molecule has 0 radical (unpaired) electrons. The van der Waals surface area contributed by atoms with Crippen molar-refractivity contribution in [2.75, 3.05) is 32.9 Å². The molecule has 0 atom stereocenters. The number of carbonyl (C=O) groups excluding carboxylic acids is 2. The van der Waals surface area contributed by atoms with Gasteiger partial charge in [-0.05, 0) is 12.1 Å². The van der Waals surface area contributed by atoms with E-state index >= 15 is 0 Å². The molecule has 6 nitrogen and oxygen atoms in total.